The van der Waals surface area contributed by atoms with Gasteiger partial charge in [0, 0.05) is 12.8 Å². The van der Waals surface area contributed by atoms with Crippen LogP contribution in [0.3, 0.4) is 0 Å². The summed E-state index contributed by atoms with van der Waals surface area (Å²) in [5, 5.41) is 15.0. The average molecular weight is 263 g/mol. The Morgan fingerprint density at radius 1 is 1.41 bits per heavy atom. The lowest BCUT2D eigenvalue weighted by molar-refractivity contribution is -0.139. The number of thioether (sulfide) groups is 1. The van der Waals surface area contributed by atoms with Crippen LogP contribution in [-0.2, 0) is 14.4 Å². The second-order valence-electron chi connectivity index (χ2n) is 2.82. The van der Waals surface area contributed by atoms with Crippen LogP contribution >= 0.6 is 11.8 Å². The van der Waals surface area contributed by atoms with Crippen LogP contribution in [0.4, 0.5) is 4.79 Å². The minimum absolute atomic E-state index is 0.0369. The Morgan fingerprint density at radius 2 is 2.06 bits per heavy atom. The van der Waals surface area contributed by atoms with Crippen LogP contribution in [0.2, 0.25) is 0 Å². The van der Waals surface area contributed by atoms with Crippen molar-refractivity contribution < 1.29 is 24.3 Å². The van der Waals surface area contributed by atoms with Gasteiger partial charge < -0.3 is 15.7 Å². The predicted octanol–water partition coefficient (Wildman–Crippen LogP) is -1.63. The van der Waals surface area contributed by atoms with E-state index in [1.807, 2.05) is 5.32 Å². The maximum atomic E-state index is 11.1. The molecule has 0 saturated heterocycles. The summed E-state index contributed by atoms with van der Waals surface area (Å²) in [5.74, 6) is -1.76. The Bertz CT molecular complexity index is 310. The van der Waals surface area contributed by atoms with E-state index in [1.54, 1.807) is 0 Å². The number of hydrogen-bond acceptors (Lipinski definition) is 5. The predicted molar refractivity (Wildman–Crippen MR) is 60.5 cm³/mol. The SMILES string of the molecule is CNC(=O)NC(=O)CSCC(NC=O)C(=O)O. The highest BCUT2D eigenvalue weighted by molar-refractivity contribution is 8.00. The topological polar surface area (TPSA) is 125 Å². The molecule has 0 aromatic carbocycles. The van der Waals surface area contributed by atoms with E-state index in [0.29, 0.717) is 0 Å². The van der Waals surface area contributed by atoms with Gasteiger partial charge in [-0.25, -0.2) is 9.59 Å². The summed E-state index contributed by atoms with van der Waals surface area (Å²) >= 11 is 0.996. The van der Waals surface area contributed by atoms with Gasteiger partial charge in [0.2, 0.25) is 12.3 Å². The Hall–Kier alpha value is -1.77. The highest BCUT2D eigenvalue weighted by Gasteiger charge is 2.16. The van der Waals surface area contributed by atoms with Crippen LogP contribution in [0.1, 0.15) is 0 Å². The minimum atomic E-state index is -1.18. The van der Waals surface area contributed by atoms with Gasteiger partial charge in [0.25, 0.3) is 0 Å². The number of imide groups is 1. The fourth-order valence-electron chi connectivity index (χ4n) is 0.768. The Kier molecular flexibility index (Phi) is 7.52. The molecule has 4 N–H and O–H groups in total. The van der Waals surface area contributed by atoms with E-state index in [9.17, 15) is 19.2 Å². The minimum Gasteiger partial charge on any atom is -0.480 e. The molecule has 1 unspecified atom stereocenters. The first-order chi connectivity index (χ1) is 8.01. The molecule has 0 heterocycles. The molecule has 0 aliphatic heterocycles. The third kappa shape index (κ3) is 7.17. The quantitative estimate of drug-likeness (QED) is 0.409. The van der Waals surface area contributed by atoms with E-state index in [4.69, 9.17) is 5.11 Å². The fraction of sp³-hybridized carbons (Fsp3) is 0.500. The van der Waals surface area contributed by atoms with Crippen LogP contribution in [-0.4, -0.2) is 54.0 Å². The molecule has 0 rings (SSSR count). The first-order valence-corrected chi connectivity index (χ1v) is 5.68. The van der Waals surface area contributed by atoms with Gasteiger partial charge in [-0.2, -0.15) is 0 Å². The van der Waals surface area contributed by atoms with Crippen LogP contribution in [0.5, 0.6) is 0 Å². The van der Waals surface area contributed by atoms with Crippen molar-refractivity contribution in [1.29, 1.82) is 0 Å². The average Bonchev–Trinajstić information content (AvgIpc) is 2.27. The molecule has 17 heavy (non-hydrogen) atoms. The number of hydrogen-bond donors (Lipinski definition) is 4. The fourth-order valence-corrected chi connectivity index (χ4v) is 1.62. The number of amides is 4. The lowest BCUT2D eigenvalue weighted by Crippen LogP contribution is -2.40. The molecule has 96 valence electrons. The van der Waals surface area contributed by atoms with Crippen molar-refractivity contribution >= 4 is 36.1 Å². The maximum Gasteiger partial charge on any atom is 0.327 e. The molecule has 0 spiro atoms. The van der Waals surface area contributed by atoms with Gasteiger partial charge in [0.1, 0.15) is 6.04 Å². The smallest absolute Gasteiger partial charge is 0.327 e. The lowest BCUT2D eigenvalue weighted by Gasteiger charge is -2.10. The van der Waals surface area contributed by atoms with Crippen molar-refractivity contribution in [3.05, 3.63) is 0 Å². The Balaban J connectivity index is 3.87. The van der Waals surface area contributed by atoms with E-state index in [0.717, 1.165) is 11.8 Å². The normalized spacial score (nSPS) is 11.1. The van der Waals surface area contributed by atoms with Crippen molar-refractivity contribution in [1.82, 2.24) is 16.0 Å². The maximum absolute atomic E-state index is 11.1. The molecule has 8 nitrogen and oxygen atoms in total. The zero-order valence-corrected chi connectivity index (χ0v) is 9.87. The van der Waals surface area contributed by atoms with E-state index in [2.05, 4.69) is 10.6 Å². The molecule has 9 heteroatoms. The largest absolute Gasteiger partial charge is 0.480 e. The first-order valence-electron chi connectivity index (χ1n) is 4.53. The summed E-state index contributed by atoms with van der Waals surface area (Å²) in [7, 11) is 1.37. The van der Waals surface area contributed by atoms with E-state index in [1.165, 1.54) is 7.05 Å². The molecular weight excluding hydrogens is 250 g/mol. The van der Waals surface area contributed by atoms with Crippen molar-refractivity contribution in [3.63, 3.8) is 0 Å². The monoisotopic (exact) mass is 263 g/mol. The molecule has 0 radical (unpaired) electrons. The van der Waals surface area contributed by atoms with Crippen molar-refractivity contribution in [2.24, 2.45) is 0 Å². The number of carbonyl (C=O) groups is 4. The molecule has 0 aliphatic rings. The zero-order chi connectivity index (χ0) is 13.3. The van der Waals surface area contributed by atoms with Crippen molar-refractivity contribution in [2.45, 2.75) is 6.04 Å². The third-order valence-corrected chi connectivity index (χ3v) is 2.60. The van der Waals surface area contributed by atoms with Crippen LogP contribution in [0.15, 0.2) is 0 Å². The molecule has 0 saturated carbocycles. The van der Waals surface area contributed by atoms with Crippen molar-refractivity contribution in [3.8, 4) is 0 Å². The summed E-state index contributed by atoms with van der Waals surface area (Å²) in [6.07, 6.45) is 0.282. The lowest BCUT2D eigenvalue weighted by atomic mass is 10.3. The summed E-state index contributed by atoms with van der Waals surface area (Å²) < 4.78 is 0. The second-order valence-corrected chi connectivity index (χ2v) is 3.85. The van der Waals surface area contributed by atoms with Gasteiger partial charge in [0.15, 0.2) is 0 Å². The number of carbonyl (C=O) groups excluding carboxylic acids is 3. The second kappa shape index (κ2) is 8.39. The standard InChI is InChI=1S/C8H13N3O5S/c1-9-8(16)11-6(13)3-17-2-5(7(14)15)10-4-12/h4-5H,2-3H2,1H3,(H,10,12)(H,14,15)(H2,9,11,13,16). The first kappa shape index (κ1) is 15.2. The molecular formula is C8H13N3O5S. The molecule has 0 aromatic rings. The van der Waals surface area contributed by atoms with Crippen molar-refractivity contribution in [2.75, 3.05) is 18.6 Å². The molecule has 0 fully saturated rings. The van der Waals surface area contributed by atoms with E-state index >= 15 is 0 Å². The number of carboxylic acid groups (broad SMARTS) is 1. The highest BCUT2D eigenvalue weighted by atomic mass is 32.2. The van der Waals surface area contributed by atoms with Gasteiger partial charge in [-0.15, -0.1) is 11.8 Å². The molecule has 0 aliphatic carbocycles. The molecule has 4 amide bonds. The van der Waals surface area contributed by atoms with Gasteiger partial charge in [-0.3, -0.25) is 14.9 Å². The van der Waals surface area contributed by atoms with Crippen LogP contribution in [0, 0.1) is 0 Å². The van der Waals surface area contributed by atoms with Crippen LogP contribution in [0.25, 0.3) is 0 Å². The Morgan fingerprint density at radius 3 is 2.53 bits per heavy atom. The Labute approximate surface area is 102 Å². The van der Waals surface area contributed by atoms with E-state index < -0.39 is 23.9 Å². The summed E-state index contributed by atoms with van der Waals surface area (Å²) in [6.45, 7) is 0. The summed E-state index contributed by atoms with van der Waals surface area (Å²) in [6, 6.07) is -1.68. The number of carboxylic acids is 1. The molecule has 0 bridgehead atoms. The number of aliphatic carboxylic acids is 1. The summed E-state index contributed by atoms with van der Waals surface area (Å²) in [5.41, 5.74) is 0. The van der Waals surface area contributed by atoms with Gasteiger partial charge in [0.05, 0.1) is 5.75 Å². The summed E-state index contributed by atoms with van der Waals surface area (Å²) in [4.78, 5) is 42.5. The number of rotatable bonds is 7. The van der Waals surface area contributed by atoms with E-state index in [-0.39, 0.29) is 17.9 Å². The number of urea groups is 1. The molecule has 0 aromatic heterocycles. The van der Waals surface area contributed by atoms with Gasteiger partial charge in [-0.05, 0) is 0 Å². The molecule has 1 atom stereocenters. The highest BCUT2D eigenvalue weighted by Crippen LogP contribution is 2.02. The van der Waals surface area contributed by atoms with Gasteiger partial charge >= 0.3 is 12.0 Å². The van der Waals surface area contributed by atoms with Crippen LogP contribution < -0.4 is 16.0 Å². The zero-order valence-electron chi connectivity index (χ0n) is 9.06. The number of nitrogens with one attached hydrogen (secondary N) is 3. The van der Waals surface area contributed by atoms with Gasteiger partial charge in [-0.1, -0.05) is 0 Å². The third-order valence-electron chi connectivity index (χ3n) is 1.57.